The van der Waals surface area contributed by atoms with E-state index >= 15 is 0 Å². The SMILES string of the molecule is Cc1ccc(C)c(C2=NN3[C@H](C2)c2cc(Cl)ccc2O[C@H]3c2ccc(F)c(F)c2)c1. The number of hydrazone groups is 1. The number of nitrogens with zero attached hydrogens (tertiary/aromatic N) is 2. The average Bonchev–Trinajstić information content (AvgIpc) is 3.17. The predicted molar refractivity (Wildman–Crippen MR) is 113 cm³/mol. The zero-order valence-electron chi connectivity index (χ0n) is 16.5. The van der Waals surface area contributed by atoms with Crippen LogP contribution in [0.3, 0.4) is 0 Å². The maximum Gasteiger partial charge on any atom is 0.213 e. The fourth-order valence-electron chi connectivity index (χ4n) is 4.15. The van der Waals surface area contributed by atoms with Crippen LogP contribution in [-0.2, 0) is 0 Å². The molecule has 0 fully saturated rings. The highest BCUT2D eigenvalue weighted by Crippen LogP contribution is 2.48. The summed E-state index contributed by atoms with van der Waals surface area (Å²) < 4.78 is 33.7. The first-order valence-corrected chi connectivity index (χ1v) is 10.1. The molecule has 6 heteroatoms. The van der Waals surface area contributed by atoms with E-state index in [1.165, 1.54) is 12.1 Å². The maximum atomic E-state index is 14.0. The van der Waals surface area contributed by atoms with Crippen molar-refractivity contribution >= 4 is 17.3 Å². The summed E-state index contributed by atoms with van der Waals surface area (Å²) in [5.41, 5.74) is 5.74. The molecule has 0 aromatic heterocycles. The van der Waals surface area contributed by atoms with E-state index in [2.05, 4.69) is 25.1 Å². The molecule has 3 nitrogen and oxygen atoms in total. The number of hydrogen-bond donors (Lipinski definition) is 0. The Labute approximate surface area is 178 Å². The predicted octanol–water partition coefficient (Wildman–Crippen LogP) is 6.48. The van der Waals surface area contributed by atoms with Crippen molar-refractivity contribution in [1.82, 2.24) is 5.01 Å². The van der Waals surface area contributed by atoms with Gasteiger partial charge in [0.1, 0.15) is 5.75 Å². The van der Waals surface area contributed by atoms with Crippen LogP contribution in [0, 0.1) is 25.5 Å². The minimum absolute atomic E-state index is 0.111. The smallest absolute Gasteiger partial charge is 0.213 e. The van der Waals surface area contributed by atoms with Crippen LogP contribution in [0.25, 0.3) is 0 Å². The van der Waals surface area contributed by atoms with Crippen molar-refractivity contribution in [1.29, 1.82) is 0 Å². The van der Waals surface area contributed by atoms with E-state index in [0.717, 1.165) is 34.0 Å². The molecule has 2 aliphatic rings. The number of halogens is 3. The molecule has 0 saturated heterocycles. The van der Waals surface area contributed by atoms with Gasteiger partial charge >= 0.3 is 0 Å². The van der Waals surface area contributed by atoms with Gasteiger partial charge in [-0.05, 0) is 55.8 Å². The molecular formula is C24H19ClF2N2O. The summed E-state index contributed by atoms with van der Waals surface area (Å²) >= 11 is 6.26. The molecule has 0 spiro atoms. The minimum atomic E-state index is -0.910. The Morgan fingerprint density at radius 2 is 1.83 bits per heavy atom. The molecule has 30 heavy (non-hydrogen) atoms. The van der Waals surface area contributed by atoms with Crippen molar-refractivity contribution in [3.05, 3.63) is 99.1 Å². The normalized spacial score (nSPS) is 19.8. The lowest BCUT2D eigenvalue weighted by Gasteiger charge is -2.38. The Balaban J connectivity index is 1.63. The number of aryl methyl sites for hydroxylation is 2. The molecule has 0 N–H and O–H groups in total. The Morgan fingerprint density at radius 3 is 2.63 bits per heavy atom. The first-order chi connectivity index (χ1) is 14.4. The highest BCUT2D eigenvalue weighted by molar-refractivity contribution is 6.30. The third-order valence-electron chi connectivity index (χ3n) is 5.68. The zero-order chi connectivity index (χ0) is 21.0. The molecule has 0 aliphatic carbocycles. The van der Waals surface area contributed by atoms with Crippen molar-refractivity contribution in [2.75, 3.05) is 0 Å². The molecule has 0 radical (unpaired) electrons. The maximum absolute atomic E-state index is 14.0. The zero-order valence-corrected chi connectivity index (χ0v) is 17.3. The van der Waals surface area contributed by atoms with Gasteiger partial charge in [0.25, 0.3) is 0 Å². The van der Waals surface area contributed by atoms with Gasteiger partial charge < -0.3 is 4.74 Å². The summed E-state index contributed by atoms with van der Waals surface area (Å²) in [6, 6.07) is 15.5. The second kappa shape index (κ2) is 7.10. The topological polar surface area (TPSA) is 24.8 Å². The second-order valence-electron chi connectivity index (χ2n) is 7.79. The third-order valence-corrected chi connectivity index (χ3v) is 5.92. The number of fused-ring (bicyclic) bond motifs is 3. The van der Waals surface area contributed by atoms with E-state index in [1.54, 1.807) is 6.07 Å². The first-order valence-electron chi connectivity index (χ1n) is 9.75. The number of hydrogen-bond acceptors (Lipinski definition) is 3. The molecule has 5 rings (SSSR count). The van der Waals surface area contributed by atoms with Crippen molar-refractivity contribution in [2.45, 2.75) is 32.5 Å². The average molecular weight is 425 g/mol. The van der Waals surface area contributed by atoms with Crippen LogP contribution >= 0.6 is 11.6 Å². The molecule has 0 unspecified atom stereocenters. The van der Waals surface area contributed by atoms with Crippen LogP contribution in [0.4, 0.5) is 8.78 Å². The van der Waals surface area contributed by atoms with Gasteiger partial charge in [0.2, 0.25) is 6.23 Å². The lowest BCUT2D eigenvalue weighted by atomic mass is 9.93. The lowest BCUT2D eigenvalue weighted by Crippen LogP contribution is -2.33. The number of benzene rings is 3. The summed E-state index contributed by atoms with van der Waals surface area (Å²) in [5, 5.41) is 7.34. The van der Waals surface area contributed by atoms with Crippen molar-refractivity contribution in [3.63, 3.8) is 0 Å². The van der Waals surface area contributed by atoms with Gasteiger partial charge in [0.15, 0.2) is 11.6 Å². The van der Waals surface area contributed by atoms with Crippen molar-refractivity contribution < 1.29 is 13.5 Å². The van der Waals surface area contributed by atoms with Gasteiger partial charge in [-0.1, -0.05) is 35.4 Å². The summed E-state index contributed by atoms with van der Waals surface area (Å²) in [5.74, 6) is -1.13. The summed E-state index contributed by atoms with van der Waals surface area (Å²) in [7, 11) is 0. The summed E-state index contributed by atoms with van der Waals surface area (Å²) in [6.45, 7) is 4.11. The fourth-order valence-corrected chi connectivity index (χ4v) is 4.33. The van der Waals surface area contributed by atoms with E-state index in [-0.39, 0.29) is 6.04 Å². The number of ether oxygens (including phenoxy) is 1. The molecule has 0 saturated carbocycles. The van der Waals surface area contributed by atoms with E-state index in [9.17, 15) is 8.78 Å². The third kappa shape index (κ3) is 3.14. The van der Waals surface area contributed by atoms with Crippen LogP contribution in [0.15, 0.2) is 59.7 Å². The van der Waals surface area contributed by atoms with Gasteiger partial charge in [-0.3, -0.25) is 0 Å². The molecule has 0 amide bonds. The van der Waals surface area contributed by atoms with E-state index in [1.807, 2.05) is 24.1 Å². The van der Waals surface area contributed by atoms with E-state index in [4.69, 9.17) is 21.4 Å². The summed E-state index contributed by atoms with van der Waals surface area (Å²) in [6.07, 6.45) is 0.00245. The fraction of sp³-hybridized carbons (Fsp3) is 0.208. The van der Waals surface area contributed by atoms with Crippen LogP contribution in [0.2, 0.25) is 5.02 Å². The van der Waals surface area contributed by atoms with Crippen molar-refractivity contribution in [3.8, 4) is 5.75 Å². The molecule has 2 aliphatic heterocycles. The van der Waals surface area contributed by atoms with Crippen molar-refractivity contribution in [2.24, 2.45) is 5.10 Å². The molecule has 0 bridgehead atoms. The van der Waals surface area contributed by atoms with Gasteiger partial charge in [0.05, 0.1) is 11.8 Å². The van der Waals surface area contributed by atoms with Crippen LogP contribution in [-0.4, -0.2) is 10.7 Å². The van der Waals surface area contributed by atoms with Crippen LogP contribution in [0.5, 0.6) is 5.75 Å². The Bertz CT molecular complexity index is 1190. The minimum Gasteiger partial charge on any atom is -0.464 e. The standard InChI is InChI=1S/C24H19ClF2N2O/c1-13-3-4-14(2)17(9-13)21-12-22-18-11-16(25)6-8-23(18)30-24(29(22)28-21)15-5-7-19(26)20(27)10-15/h3-11,22,24H,12H2,1-2H3/t22-,24+/m1/s1. The monoisotopic (exact) mass is 424 g/mol. The largest absolute Gasteiger partial charge is 0.464 e. The number of rotatable bonds is 2. The van der Waals surface area contributed by atoms with E-state index in [0.29, 0.717) is 22.8 Å². The van der Waals surface area contributed by atoms with Crippen LogP contribution in [0.1, 0.15) is 46.5 Å². The van der Waals surface area contributed by atoms with E-state index < -0.39 is 17.9 Å². The molecule has 2 atom stereocenters. The van der Waals surface area contributed by atoms with Gasteiger partial charge in [-0.25, -0.2) is 13.8 Å². The Kier molecular flexibility index (Phi) is 4.51. The second-order valence-corrected chi connectivity index (χ2v) is 8.23. The van der Waals surface area contributed by atoms with Gasteiger partial charge in [0, 0.05) is 28.1 Å². The Morgan fingerprint density at radius 1 is 1.00 bits per heavy atom. The van der Waals surface area contributed by atoms with Gasteiger partial charge in [-0.15, -0.1) is 0 Å². The molecule has 2 heterocycles. The highest BCUT2D eigenvalue weighted by Gasteiger charge is 2.41. The summed E-state index contributed by atoms with van der Waals surface area (Å²) in [4.78, 5) is 0. The Hall–Kier alpha value is -2.92. The van der Waals surface area contributed by atoms with Crippen LogP contribution < -0.4 is 4.74 Å². The first kappa shape index (κ1) is 19.1. The van der Waals surface area contributed by atoms with Gasteiger partial charge in [-0.2, -0.15) is 5.10 Å². The quantitative estimate of drug-likeness (QED) is 0.470. The lowest BCUT2D eigenvalue weighted by molar-refractivity contribution is -0.0192. The molecular weight excluding hydrogens is 406 g/mol. The molecule has 3 aromatic carbocycles. The molecule has 152 valence electrons. The highest BCUT2D eigenvalue weighted by atomic mass is 35.5. The molecule has 3 aromatic rings.